The number of benzene rings is 1. The summed E-state index contributed by atoms with van der Waals surface area (Å²) in [6, 6.07) is 7.21. The fraction of sp³-hybridized carbons (Fsp3) is 0.538. The van der Waals surface area contributed by atoms with Crippen molar-refractivity contribution in [1.82, 2.24) is 0 Å². The van der Waals surface area contributed by atoms with Crippen LogP contribution in [0.25, 0.3) is 0 Å². The van der Waals surface area contributed by atoms with E-state index in [1.54, 1.807) is 0 Å². The van der Waals surface area contributed by atoms with Gasteiger partial charge in [-0.05, 0) is 37.0 Å². The molecule has 3 heteroatoms. The highest BCUT2D eigenvalue weighted by molar-refractivity contribution is 9.10. The van der Waals surface area contributed by atoms with E-state index < -0.39 is 0 Å². The molecule has 0 radical (unpaired) electrons. The lowest BCUT2D eigenvalue weighted by molar-refractivity contribution is 0.367. The van der Waals surface area contributed by atoms with Crippen molar-refractivity contribution in [3.63, 3.8) is 0 Å². The van der Waals surface area contributed by atoms with Gasteiger partial charge in [-0.25, -0.2) is 0 Å². The molecule has 0 saturated carbocycles. The summed E-state index contributed by atoms with van der Waals surface area (Å²) in [5, 5.41) is 3.55. The second-order valence-electron chi connectivity index (χ2n) is 5.02. The van der Waals surface area contributed by atoms with Crippen LogP contribution >= 0.6 is 15.9 Å². The lowest BCUT2D eigenvalue weighted by atomic mass is 9.90. The van der Waals surface area contributed by atoms with Crippen molar-refractivity contribution in [1.29, 1.82) is 0 Å². The van der Waals surface area contributed by atoms with Crippen LogP contribution in [-0.4, -0.2) is 19.1 Å². The van der Waals surface area contributed by atoms with E-state index in [2.05, 4.69) is 51.3 Å². The smallest absolute Gasteiger partial charge is 0.0616 e. The van der Waals surface area contributed by atoms with Gasteiger partial charge in [0.25, 0.3) is 0 Å². The molecule has 1 fully saturated rings. The molecule has 0 aliphatic carbocycles. The van der Waals surface area contributed by atoms with Gasteiger partial charge in [0.1, 0.15) is 0 Å². The van der Waals surface area contributed by atoms with Crippen molar-refractivity contribution in [2.45, 2.75) is 25.8 Å². The highest BCUT2D eigenvalue weighted by Gasteiger charge is 2.30. The van der Waals surface area contributed by atoms with Gasteiger partial charge in [-0.15, -0.1) is 0 Å². The zero-order chi connectivity index (χ0) is 11.1. The number of piperidine rings is 1. The standard InChI is InChI=1S/C13H17BrN2/c1-9-4-5-16-11(6-9)8-15-12-3-2-10(14)7-13(12)16/h2-3,7,9,11,15H,4-6,8H2,1H3. The molecule has 1 aromatic carbocycles. The number of hydrogen-bond acceptors (Lipinski definition) is 2. The molecule has 2 aliphatic heterocycles. The number of fused-ring (bicyclic) bond motifs is 3. The molecule has 3 rings (SSSR count). The number of rotatable bonds is 0. The quantitative estimate of drug-likeness (QED) is 0.783. The van der Waals surface area contributed by atoms with Crippen molar-refractivity contribution in [2.75, 3.05) is 23.3 Å². The zero-order valence-corrected chi connectivity index (χ0v) is 11.1. The van der Waals surface area contributed by atoms with Gasteiger partial charge in [0.15, 0.2) is 0 Å². The Bertz CT molecular complexity index is 405. The number of nitrogens with zero attached hydrogens (tertiary/aromatic N) is 1. The number of hydrogen-bond donors (Lipinski definition) is 1. The summed E-state index contributed by atoms with van der Waals surface area (Å²) in [4.78, 5) is 2.58. The lowest BCUT2D eigenvalue weighted by Gasteiger charge is -2.44. The molecule has 1 aromatic rings. The summed E-state index contributed by atoms with van der Waals surface area (Å²) in [7, 11) is 0. The van der Waals surface area contributed by atoms with E-state index in [1.807, 2.05) is 0 Å². The van der Waals surface area contributed by atoms with Crippen LogP contribution in [0, 0.1) is 5.92 Å². The predicted molar refractivity (Wildman–Crippen MR) is 72.2 cm³/mol. The fourth-order valence-corrected chi connectivity index (χ4v) is 3.23. The molecule has 2 nitrogen and oxygen atoms in total. The minimum Gasteiger partial charge on any atom is -0.381 e. The van der Waals surface area contributed by atoms with Crippen molar-refractivity contribution < 1.29 is 0 Å². The van der Waals surface area contributed by atoms with Crippen LogP contribution in [0.5, 0.6) is 0 Å². The van der Waals surface area contributed by atoms with Crippen LogP contribution in [0.1, 0.15) is 19.8 Å². The zero-order valence-electron chi connectivity index (χ0n) is 9.54. The third kappa shape index (κ3) is 1.71. The molecule has 2 aliphatic rings. The van der Waals surface area contributed by atoms with Crippen LogP contribution in [0.15, 0.2) is 22.7 Å². The summed E-state index contributed by atoms with van der Waals surface area (Å²) < 4.78 is 1.17. The Kier molecular flexibility index (Phi) is 2.58. The molecule has 0 aromatic heterocycles. The van der Waals surface area contributed by atoms with E-state index in [0.29, 0.717) is 6.04 Å². The van der Waals surface area contributed by atoms with Crippen LogP contribution in [-0.2, 0) is 0 Å². The molecule has 16 heavy (non-hydrogen) atoms. The molecule has 2 heterocycles. The Morgan fingerprint density at radius 1 is 1.44 bits per heavy atom. The Hall–Kier alpha value is -0.700. The Morgan fingerprint density at radius 3 is 3.19 bits per heavy atom. The molecule has 0 bridgehead atoms. The summed E-state index contributed by atoms with van der Waals surface area (Å²) in [5.74, 6) is 0.872. The Morgan fingerprint density at radius 2 is 2.31 bits per heavy atom. The van der Waals surface area contributed by atoms with Gasteiger partial charge in [-0.2, -0.15) is 0 Å². The molecule has 1 saturated heterocycles. The maximum atomic E-state index is 3.56. The van der Waals surface area contributed by atoms with Crippen LogP contribution in [0.3, 0.4) is 0 Å². The lowest BCUT2D eigenvalue weighted by Crippen LogP contribution is -2.48. The Labute approximate surface area is 105 Å². The van der Waals surface area contributed by atoms with Gasteiger partial charge in [0, 0.05) is 23.6 Å². The third-order valence-electron chi connectivity index (χ3n) is 3.78. The van der Waals surface area contributed by atoms with Crippen molar-refractivity contribution in [2.24, 2.45) is 5.92 Å². The van der Waals surface area contributed by atoms with Crippen LogP contribution < -0.4 is 10.2 Å². The summed E-state index contributed by atoms with van der Waals surface area (Å²) in [5.41, 5.74) is 2.66. The maximum absolute atomic E-state index is 3.56. The van der Waals surface area contributed by atoms with Gasteiger partial charge in [0.05, 0.1) is 11.4 Å². The largest absolute Gasteiger partial charge is 0.381 e. The first-order chi connectivity index (χ1) is 7.74. The highest BCUT2D eigenvalue weighted by Crippen LogP contribution is 2.38. The van der Waals surface area contributed by atoms with E-state index >= 15 is 0 Å². The van der Waals surface area contributed by atoms with Gasteiger partial charge in [0.2, 0.25) is 0 Å². The first-order valence-corrected chi connectivity index (χ1v) is 6.83. The average Bonchev–Trinajstić information content (AvgIpc) is 2.28. The molecule has 2 unspecified atom stereocenters. The third-order valence-corrected chi connectivity index (χ3v) is 4.27. The minimum atomic E-state index is 0.686. The van der Waals surface area contributed by atoms with Gasteiger partial charge in [-0.3, -0.25) is 0 Å². The van der Waals surface area contributed by atoms with Gasteiger partial charge >= 0.3 is 0 Å². The second-order valence-corrected chi connectivity index (χ2v) is 5.93. The topological polar surface area (TPSA) is 15.3 Å². The van der Waals surface area contributed by atoms with E-state index in [4.69, 9.17) is 0 Å². The van der Waals surface area contributed by atoms with Gasteiger partial charge < -0.3 is 10.2 Å². The normalized spacial score (nSPS) is 28.0. The molecule has 0 spiro atoms. The Balaban J connectivity index is 1.96. The highest BCUT2D eigenvalue weighted by atomic mass is 79.9. The maximum Gasteiger partial charge on any atom is 0.0616 e. The average molecular weight is 281 g/mol. The first-order valence-electron chi connectivity index (χ1n) is 6.04. The fourth-order valence-electron chi connectivity index (χ4n) is 2.88. The van der Waals surface area contributed by atoms with E-state index in [0.717, 1.165) is 12.5 Å². The van der Waals surface area contributed by atoms with Crippen molar-refractivity contribution in [3.8, 4) is 0 Å². The van der Waals surface area contributed by atoms with E-state index in [-0.39, 0.29) is 0 Å². The molecule has 86 valence electrons. The molecular weight excluding hydrogens is 264 g/mol. The number of nitrogens with one attached hydrogen (secondary N) is 1. The summed E-state index contributed by atoms with van der Waals surface area (Å²) in [6.45, 7) is 4.67. The molecule has 2 atom stereocenters. The van der Waals surface area contributed by atoms with Crippen molar-refractivity contribution >= 4 is 27.3 Å². The number of halogens is 1. The van der Waals surface area contributed by atoms with Crippen LogP contribution in [0.4, 0.5) is 11.4 Å². The monoisotopic (exact) mass is 280 g/mol. The van der Waals surface area contributed by atoms with E-state index in [1.165, 1.54) is 35.2 Å². The minimum absolute atomic E-state index is 0.686. The first kappa shape index (κ1) is 10.5. The summed E-state index contributed by atoms with van der Waals surface area (Å²) >= 11 is 3.56. The number of anilines is 2. The second kappa shape index (κ2) is 3.95. The molecular formula is C13H17BrN2. The van der Waals surface area contributed by atoms with Gasteiger partial charge in [-0.1, -0.05) is 22.9 Å². The van der Waals surface area contributed by atoms with Crippen molar-refractivity contribution in [3.05, 3.63) is 22.7 Å². The molecule has 1 N–H and O–H groups in total. The molecule has 0 amide bonds. The predicted octanol–water partition coefficient (Wildman–Crippen LogP) is 3.48. The van der Waals surface area contributed by atoms with Crippen LogP contribution in [0.2, 0.25) is 0 Å². The van der Waals surface area contributed by atoms with E-state index in [9.17, 15) is 0 Å². The summed E-state index contributed by atoms with van der Waals surface area (Å²) in [6.07, 6.45) is 2.64. The SMILES string of the molecule is CC1CCN2c3cc(Br)ccc3NCC2C1.